The SMILES string of the molecule is CCN(CC)CCOCCNC(=O)CCc1ccccc1F. The van der Waals surface area contributed by atoms with Crippen LogP contribution in [-0.4, -0.2) is 50.2 Å². The van der Waals surface area contributed by atoms with Gasteiger partial charge >= 0.3 is 0 Å². The Morgan fingerprint density at radius 2 is 1.95 bits per heavy atom. The van der Waals surface area contributed by atoms with Crippen LogP contribution in [0.5, 0.6) is 0 Å². The molecule has 0 aliphatic carbocycles. The summed E-state index contributed by atoms with van der Waals surface area (Å²) < 4.78 is 18.9. The molecule has 4 nitrogen and oxygen atoms in total. The summed E-state index contributed by atoms with van der Waals surface area (Å²) in [7, 11) is 0. The van der Waals surface area contributed by atoms with Crippen LogP contribution in [0.4, 0.5) is 4.39 Å². The lowest BCUT2D eigenvalue weighted by molar-refractivity contribution is -0.121. The Labute approximate surface area is 132 Å². The van der Waals surface area contributed by atoms with E-state index in [2.05, 4.69) is 24.1 Å². The molecule has 22 heavy (non-hydrogen) atoms. The summed E-state index contributed by atoms with van der Waals surface area (Å²) in [5.74, 6) is -0.328. The molecule has 0 aliphatic heterocycles. The van der Waals surface area contributed by atoms with Gasteiger partial charge in [0, 0.05) is 19.5 Å². The van der Waals surface area contributed by atoms with Gasteiger partial charge < -0.3 is 15.0 Å². The summed E-state index contributed by atoms with van der Waals surface area (Å²) in [5.41, 5.74) is 0.577. The van der Waals surface area contributed by atoms with Gasteiger partial charge in [0.1, 0.15) is 5.82 Å². The number of hydrogen-bond acceptors (Lipinski definition) is 3. The van der Waals surface area contributed by atoms with E-state index < -0.39 is 0 Å². The summed E-state index contributed by atoms with van der Waals surface area (Å²) in [4.78, 5) is 13.9. The molecular formula is C17H27FN2O2. The van der Waals surface area contributed by atoms with Crippen molar-refractivity contribution < 1.29 is 13.9 Å². The van der Waals surface area contributed by atoms with Crippen molar-refractivity contribution in [2.75, 3.05) is 39.4 Å². The van der Waals surface area contributed by atoms with Crippen molar-refractivity contribution >= 4 is 5.91 Å². The van der Waals surface area contributed by atoms with Crippen molar-refractivity contribution in [1.82, 2.24) is 10.2 Å². The Bertz CT molecular complexity index is 436. The molecule has 0 heterocycles. The average molecular weight is 310 g/mol. The second-order valence-corrected chi connectivity index (χ2v) is 5.08. The van der Waals surface area contributed by atoms with E-state index in [1.165, 1.54) is 6.07 Å². The molecule has 1 aromatic carbocycles. The predicted molar refractivity (Wildman–Crippen MR) is 86.3 cm³/mol. The average Bonchev–Trinajstić information content (AvgIpc) is 2.53. The van der Waals surface area contributed by atoms with E-state index >= 15 is 0 Å². The van der Waals surface area contributed by atoms with Gasteiger partial charge in [0.25, 0.3) is 0 Å². The Hall–Kier alpha value is -1.46. The molecule has 0 aliphatic rings. The van der Waals surface area contributed by atoms with E-state index in [1.807, 2.05) is 0 Å². The van der Waals surface area contributed by atoms with Gasteiger partial charge in [-0.15, -0.1) is 0 Å². The molecule has 0 atom stereocenters. The number of nitrogens with one attached hydrogen (secondary N) is 1. The van der Waals surface area contributed by atoms with E-state index in [-0.39, 0.29) is 11.7 Å². The first-order valence-corrected chi connectivity index (χ1v) is 7.97. The molecule has 0 aromatic heterocycles. The highest BCUT2D eigenvalue weighted by molar-refractivity contribution is 5.76. The fourth-order valence-electron chi connectivity index (χ4n) is 2.14. The molecule has 0 unspecified atom stereocenters. The van der Waals surface area contributed by atoms with Crippen LogP contribution in [0.15, 0.2) is 24.3 Å². The zero-order chi connectivity index (χ0) is 16.2. The largest absolute Gasteiger partial charge is 0.378 e. The Kier molecular flexibility index (Phi) is 9.42. The summed E-state index contributed by atoms with van der Waals surface area (Å²) in [6.45, 7) is 8.87. The van der Waals surface area contributed by atoms with E-state index in [4.69, 9.17) is 4.74 Å². The molecule has 0 saturated carbocycles. The second kappa shape index (κ2) is 11.2. The van der Waals surface area contributed by atoms with Gasteiger partial charge in [0.2, 0.25) is 5.91 Å². The van der Waals surface area contributed by atoms with E-state index in [0.717, 1.165) is 19.6 Å². The first-order valence-electron chi connectivity index (χ1n) is 7.97. The van der Waals surface area contributed by atoms with Gasteiger partial charge in [-0.2, -0.15) is 0 Å². The lowest BCUT2D eigenvalue weighted by Gasteiger charge is -2.17. The van der Waals surface area contributed by atoms with Crippen molar-refractivity contribution in [1.29, 1.82) is 0 Å². The minimum atomic E-state index is -0.255. The Morgan fingerprint density at radius 1 is 1.23 bits per heavy atom. The number of ether oxygens (including phenoxy) is 1. The van der Waals surface area contributed by atoms with Gasteiger partial charge in [0.15, 0.2) is 0 Å². The number of nitrogens with zero attached hydrogens (tertiary/aromatic N) is 1. The molecule has 1 N–H and O–H groups in total. The lowest BCUT2D eigenvalue weighted by atomic mass is 10.1. The summed E-state index contributed by atoms with van der Waals surface area (Å²) in [5, 5.41) is 2.79. The molecule has 124 valence electrons. The molecule has 1 aromatic rings. The summed E-state index contributed by atoms with van der Waals surface area (Å²) in [6.07, 6.45) is 0.710. The van der Waals surface area contributed by atoms with Gasteiger partial charge in [-0.3, -0.25) is 4.79 Å². The molecule has 1 rings (SSSR count). The number of halogens is 1. The highest BCUT2D eigenvalue weighted by Gasteiger charge is 2.05. The van der Waals surface area contributed by atoms with Crippen LogP contribution in [0.3, 0.4) is 0 Å². The quantitative estimate of drug-likeness (QED) is 0.637. The molecule has 0 fully saturated rings. The molecule has 1 amide bonds. The maximum absolute atomic E-state index is 13.4. The third-order valence-corrected chi connectivity index (χ3v) is 3.59. The third kappa shape index (κ3) is 7.52. The van der Waals surface area contributed by atoms with Crippen LogP contribution < -0.4 is 5.32 Å². The van der Waals surface area contributed by atoms with Gasteiger partial charge in [-0.25, -0.2) is 4.39 Å². The minimum absolute atomic E-state index is 0.0735. The first kappa shape index (κ1) is 18.6. The van der Waals surface area contributed by atoms with Gasteiger partial charge in [0.05, 0.1) is 13.2 Å². The number of carbonyl (C=O) groups excluding carboxylic acids is 1. The monoisotopic (exact) mass is 310 g/mol. The van der Waals surface area contributed by atoms with E-state index in [9.17, 15) is 9.18 Å². The number of carbonyl (C=O) groups is 1. The lowest BCUT2D eigenvalue weighted by Crippen LogP contribution is -2.30. The first-order chi connectivity index (χ1) is 10.7. The molecule has 0 radical (unpaired) electrons. The number of hydrogen-bond donors (Lipinski definition) is 1. The normalized spacial score (nSPS) is 10.9. The number of rotatable bonds is 11. The second-order valence-electron chi connectivity index (χ2n) is 5.08. The molecular weight excluding hydrogens is 283 g/mol. The molecule has 0 spiro atoms. The van der Waals surface area contributed by atoms with Crippen molar-refractivity contribution in [3.05, 3.63) is 35.6 Å². The topological polar surface area (TPSA) is 41.6 Å². The highest BCUT2D eigenvalue weighted by atomic mass is 19.1. The van der Waals surface area contributed by atoms with Crippen molar-refractivity contribution in [3.8, 4) is 0 Å². The number of amides is 1. The third-order valence-electron chi connectivity index (χ3n) is 3.59. The number of aryl methyl sites for hydroxylation is 1. The fraction of sp³-hybridized carbons (Fsp3) is 0.588. The van der Waals surface area contributed by atoms with Crippen LogP contribution in [-0.2, 0) is 16.0 Å². The summed E-state index contributed by atoms with van der Waals surface area (Å²) in [6, 6.07) is 6.55. The van der Waals surface area contributed by atoms with Gasteiger partial charge in [-0.1, -0.05) is 32.0 Å². The number of likely N-dealkylation sites (N-methyl/N-ethyl adjacent to an activating group) is 1. The zero-order valence-electron chi connectivity index (χ0n) is 13.6. The maximum atomic E-state index is 13.4. The highest BCUT2D eigenvalue weighted by Crippen LogP contribution is 2.08. The van der Waals surface area contributed by atoms with Crippen LogP contribution >= 0.6 is 0 Å². The van der Waals surface area contributed by atoms with Crippen LogP contribution in [0, 0.1) is 5.82 Å². The molecule has 0 saturated heterocycles. The van der Waals surface area contributed by atoms with E-state index in [1.54, 1.807) is 18.2 Å². The minimum Gasteiger partial charge on any atom is -0.378 e. The number of benzene rings is 1. The Morgan fingerprint density at radius 3 is 2.64 bits per heavy atom. The molecule has 5 heteroatoms. The van der Waals surface area contributed by atoms with Crippen LogP contribution in [0.2, 0.25) is 0 Å². The molecule has 0 bridgehead atoms. The standard InChI is InChI=1S/C17H27FN2O2/c1-3-20(4-2)12-14-22-13-11-19-17(21)10-9-15-7-5-6-8-16(15)18/h5-8H,3-4,9-14H2,1-2H3,(H,19,21). The smallest absolute Gasteiger partial charge is 0.220 e. The van der Waals surface area contributed by atoms with Crippen LogP contribution in [0.25, 0.3) is 0 Å². The fourth-order valence-corrected chi connectivity index (χ4v) is 2.14. The zero-order valence-corrected chi connectivity index (χ0v) is 13.6. The summed E-state index contributed by atoms with van der Waals surface area (Å²) >= 11 is 0. The van der Waals surface area contributed by atoms with Crippen molar-refractivity contribution in [2.45, 2.75) is 26.7 Å². The van der Waals surface area contributed by atoms with Crippen LogP contribution in [0.1, 0.15) is 25.8 Å². The predicted octanol–water partition coefficient (Wildman–Crippen LogP) is 2.23. The van der Waals surface area contributed by atoms with Gasteiger partial charge in [-0.05, 0) is 31.1 Å². The maximum Gasteiger partial charge on any atom is 0.220 e. The van der Waals surface area contributed by atoms with E-state index in [0.29, 0.717) is 38.2 Å². The van der Waals surface area contributed by atoms with Crippen molar-refractivity contribution in [2.24, 2.45) is 0 Å². The Balaban J connectivity index is 2.05. The van der Waals surface area contributed by atoms with Crippen molar-refractivity contribution in [3.63, 3.8) is 0 Å².